The molecule has 0 radical (unpaired) electrons. The van der Waals surface area contributed by atoms with Crippen molar-refractivity contribution in [3.05, 3.63) is 21.2 Å². The summed E-state index contributed by atoms with van der Waals surface area (Å²) in [7, 11) is 4.40. The second-order valence-electron chi connectivity index (χ2n) is 6.60. The third-order valence-corrected chi connectivity index (χ3v) is 7.06. The molecule has 18 heavy (non-hydrogen) atoms. The molecule has 2 aliphatic rings. The van der Waals surface area contributed by atoms with Crippen LogP contribution >= 0.6 is 0 Å². The standard InChI is InChI=1S/C10H16BN2O.3CH3.Sn/c1-9-7-14-8-10(9)6-11-12(2)4-5-13(11)3;;;;/h1,6H,4-5,7-8H2,2-3H3;3*1H3;/b9-1?,10-6-;;;;. The van der Waals surface area contributed by atoms with Gasteiger partial charge in [-0.15, -0.1) is 0 Å². The van der Waals surface area contributed by atoms with Crippen LogP contribution in [0.25, 0.3) is 0 Å². The van der Waals surface area contributed by atoms with Crippen LogP contribution in [0, 0.1) is 0 Å². The Labute approximate surface area is 116 Å². The molecule has 0 amide bonds. The molecule has 2 heterocycles. The van der Waals surface area contributed by atoms with Crippen LogP contribution in [0.2, 0.25) is 14.8 Å². The van der Waals surface area contributed by atoms with E-state index < -0.39 is 18.4 Å². The number of rotatable bonds is 2. The van der Waals surface area contributed by atoms with Crippen molar-refractivity contribution in [1.82, 2.24) is 9.62 Å². The Bertz CT molecular complexity index is 366. The number of hydrogen-bond acceptors (Lipinski definition) is 3. The van der Waals surface area contributed by atoms with Crippen LogP contribution in [0.15, 0.2) is 21.2 Å². The first-order chi connectivity index (χ1) is 8.37. The van der Waals surface area contributed by atoms with Gasteiger partial charge in [0, 0.05) is 0 Å². The molecule has 0 aromatic heterocycles. The van der Waals surface area contributed by atoms with Gasteiger partial charge in [-0.25, -0.2) is 0 Å². The molecule has 2 saturated heterocycles. The fourth-order valence-corrected chi connectivity index (χ4v) is 6.37. The summed E-state index contributed by atoms with van der Waals surface area (Å²) in [5.41, 5.74) is 2.89. The zero-order valence-corrected chi connectivity index (χ0v) is 15.2. The van der Waals surface area contributed by atoms with E-state index in [-0.39, 0.29) is 0 Å². The minimum atomic E-state index is -1.87. The SMILES string of the molecule is CN1CCN(C)B1/C=C1/COC/C1=[CH]/[Sn]([CH3])([CH3])[CH3]. The van der Waals surface area contributed by atoms with Crippen LogP contribution in [-0.4, -0.2) is 75.4 Å². The van der Waals surface area contributed by atoms with Crippen LogP contribution in [0.5, 0.6) is 0 Å². The van der Waals surface area contributed by atoms with Gasteiger partial charge < -0.3 is 0 Å². The molecule has 0 unspecified atom stereocenters. The summed E-state index contributed by atoms with van der Waals surface area (Å²) in [4.78, 5) is 12.2. The Morgan fingerprint density at radius 1 is 1.06 bits per heavy atom. The van der Waals surface area contributed by atoms with Crippen LogP contribution in [0.3, 0.4) is 0 Å². The summed E-state index contributed by atoms with van der Waals surface area (Å²) in [6, 6.07) is 0. The summed E-state index contributed by atoms with van der Waals surface area (Å²) in [5.74, 6) is 2.41. The van der Waals surface area contributed by atoms with E-state index in [1.807, 2.05) is 0 Å². The van der Waals surface area contributed by atoms with Gasteiger partial charge in [0.15, 0.2) is 0 Å². The molecule has 0 aromatic rings. The number of likely N-dealkylation sites (N-methyl/N-ethyl adjacent to an activating group) is 2. The van der Waals surface area contributed by atoms with Gasteiger partial charge in [0.25, 0.3) is 0 Å². The van der Waals surface area contributed by atoms with Crippen molar-refractivity contribution in [2.45, 2.75) is 14.8 Å². The third-order valence-electron chi connectivity index (χ3n) is 3.59. The van der Waals surface area contributed by atoms with Gasteiger partial charge in [0.2, 0.25) is 0 Å². The Balaban J connectivity index is 2.19. The summed E-state index contributed by atoms with van der Waals surface area (Å²) in [6.45, 7) is 4.37. The molecule has 3 nitrogen and oxygen atoms in total. The maximum atomic E-state index is 5.66. The third kappa shape index (κ3) is 3.62. The average molecular weight is 355 g/mol. The van der Waals surface area contributed by atoms with Gasteiger partial charge in [-0.05, 0) is 0 Å². The molecular formula is C13H25BN2OSn. The van der Waals surface area contributed by atoms with Crippen molar-refractivity contribution in [3.8, 4) is 0 Å². The summed E-state index contributed by atoms with van der Waals surface area (Å²) in [6.07, 6.45) is 0. The van der Waals surface area contributed by atoms with Crippen LogP contribution in [0.4, 0.5) is 0 Å². The second kappa shape index (κ2) is 5.69. The Kier molecular flexibility index (Phi) is 4.63. The van der Waals surface area contributed by atoms with E-state index in [0.29, 0.717) is 6.98 Å². The van der Waals surface area contributed by atoms with Crippen molar-refractivity contribution < 1.29 is 4.74 Å². The van der Waals surface area contributed by atoms with Crippen molar-refractivity contribution >= 4 is 25.4 Å². The van der Waals surface area contributed by atoms with Crippen molar-refractivity contribution in [3.63, 3.8) is 0 Å². The van der Waals surface area contributed by atoms with Gasteiger partial charge in [-0.1, -0.05) is 0 Å². The van der Waals surface area contributed by atoms with Gasteiger partial charge in [-0.2, -0.15) is 0 Å². The summed E-state index contributed by atoms with van der Waals surface area (Å²) in [5, 5.41) is 0. The minimum absolute atomic E-state index is 0.445. The van der Waals surface area contributed by atoms with E-state index in [1.165, 1.54) is 11.1 Å². The van der Waals surface area contributed by atoms with E-state index in [0.717, 1.165) is 26.3 Å². The first-order valence-corrected chi connectivity index (χ1v) is 17.0. The zero-order chi connectivity index (χ0) is 13.3. The van der Waals surface area contributed by atoms with Crippen LogP contribution < -0.4 is 0 Å². The average Bonchev–Trinajstić information content (AvgIpc) is 2.78. The van der Waals surface area contributed by atoms with Crippen molar-refractivity contribution in [1.29, 1.82) is 0 Å². The predicted octanol–water partition coefficient (Wildman–Crippen LogP) is 1.65. The molecular weight excluding hydrogens is 330 g/mol. The van der Waals surface area contributed by atoms with Gasteiger partial charge in [0.05, 0.1) is 0 Å². The van der Waals surface area contributed by atoms with Crippen molar-refractivity contribution in [2.24, 2.45) is 0 Å². The molecule has 2 fully saturated rings. The molecule has 5 heteroatoms. The molecule has 0 saturated carbocycles. The van der Waals surface area contributed by atoms with Gasteiger partial charge in [0.1, 0.15) is 0 Å². The number of ether oxygens (including phenoxy) is 1. The fraction of sp³-hybridized carbons (Fsp3) is 0.692. The molecule has 0 spiro atoms. The Hall–Kier alpha value is 0.224. The first-order valence-electron chi connectivity index (χ1n) is 6.78. The Morgan fingerprint density at radius 2 is 1.61 bits per heavy atom. The molecule has 2 rings (SSSR count). The molecule has 100 valence electrons. The molecule has 0 atom stereocenters. The molecule has 0 bridgehead atoms. The predicted molar refractivity (Wildman–Crippen MR) is 81.3 cm³/mol. The number of hydrogen-bond donors (Lipinski definition) is 0. The Morgan fingerprint density at radius 3 is 2.17 bits per heavy atom. The topological polar surface area (TPSA) is 15.7 Å². The van der Waals surface area contributed by atoms with Crippen LogP contribution in [-0.2, 0) is 4.74 Å². The monoisotopic (exact) mass is 356 g/mol. The van der Waals surface area contributed by atoms with E-state index in [1.54, 1.807) is 0 Å². The normalized spacial score (nSPS) is 27.9. The molecule has 0 aromatic carbocycles. The molecule has 2 aliphatic heterocycles. The molecule has 0 N–H and O–H groups in total. The number of nitrogens with zero attached hydrogens (tertiary/aromatic N) is 2. The van der Waals surface area contributed by atoms with E-state index in [4.69, 9.17) is 4.74 Å². The quantitative estimate of drug-likeness (QED) is 0.701. The van der Waals surface area contributed by atoms with Crippen molar-refractivity contribution in [2.75, 3.05) is 40.4 Å². The van der Waals surface area contributed by atoms with E-state index in [9.17, 15) is 0 Å². The van der Waals surface area contributed by atoms with Crippen LogP contribution in [0.1, 0.15) is 0 Å². The van der Waals surface area contributed by atoms with E-state index in [2.05, 4.69) is 48.6 Å². The zero-order valence-electron chi connectivity index (χ0n) is 12.4. The van der Waals surface area contributed by atoms with E-state index >= 15 is 0 Å². The maximum absolute atomic E-state index is 5.66. The fourth-order valence-electron chi connectivity index (χ4n) is 2.62. The van der Waals surface area contributed by atoms with Gasteiger partial charge >= 0.3 is 116 Å². The molecule has 0 aliphatic carbocycles. The van der Waals surface area contributed by atoms with Gasteiger partial charge in [-0.3, -0.25) is 0 Å². The summed E-state index contributed by atoms with van der Waals surface area (Å²) >= 11 is -1.87. The second-order valence-corrected chi connectivity index (χ2v) is 20.9. The first kappa shape index (κ1) is 14.6. The summed E-state index contributed by atoms with van der Waals surface area (Å²) < 4.78 is 8.21.